The minimum Gasteiger partial charge on any atom is -0.476 e. The molecule has 0 bridgehead atoms. The fraction of sp³-hybridized carbons (Fsp3) is 0.667. The summed E-state index contributed by atoms with van der Waals surface area (Å²) in [6.45, 7) is 1.24. The van der Waals surface area contributed by atoms with E-state index in [0.29, 0.717) is 31.9 Å². The topological polar surface area (TPSA) is 67.6 Å². The molecule has 1 atom stereocenters. The lowest BCUT2D eigenvalue weighted by Crippen LogP contribution is -2.29. The zero-order valence-corrected chi connectivity index (χ0v) is 10.8. The summed E-state index contributed by atoms with van der Waals surface area (Å²) in [5.74, 6) is -3.23. The van der Waals surface area contributed by atoms with Crippen LogP contribution in [0.25, 0.3) is 0 Å². The van der Waals surface area contributed by atoms with Crippen molar-refractivity contribution in [3.8, 4) is 5.88 Å². The number of carbonyl (C=O) groups is 1. The minimum atomic E-state index is -2.57. The number of halogens is 2. The number of hydrogen-bond acceptors (Lipinski definition) is 4. The third-order valence-electron chi connectivity index (χ3n) is 3.64. The lowest BCUT2D eigenvalue weighted by molar-refractivity contribution is 0.0113. The molecule has 3 heterocycles. The van der Waals surface area contributed by atoms with E-state index in [1.54, 1.807) is 4.90 Å². The van der Waals surface area contributed by atoms with Gasteiger partial charge in [0.15, 0.2) is 5.69 Å². The Balaban J connectivity index is 1.50. The number of rotatable bonds is 4. The van der Waals surface area contributed by atoms with Crippen molar-refractivity contribution in [2.75, 3.05) is 19.6 Å². The van der Waals surface area contributed by atoms with E-state index in [0.717, 1.165) is 0 Å². The number of carboxylic acid groups (broad SMARTS) is 1. The first-order chi connectivity index (χ1) is 9.43. The Hall–Kier alpha value is -1.70. The molecule has 6 nitrogen and oxygen atoms in total. The van der Waals surface area contributed by atoms with Gasteiger partial charge in [0.1, 0.15) is 6.10 Å². The van der Waals surface area contributed by atoms with Crippen LogP contribution in [0, 0.1) is 0 Å². The van der Waals surface area contributed by atoms with Crippen LogP contribution >= 0.6 is 0 Å². The number of ether oxygens (including phenoxy) is 1. The van der Waals surface area contributed by atoms with Crippen molar-refractivity contribution in [3.05, 3.63) is 11.8 Å². The van der Waals surface area contributed by atoms with Crippen LogP contribution in [0.1, 0.15) is 23.3 Å². The summed E-state index contributed by atoms with van der Waals surface area (Å²) >= 11 is 0. The highest BCUT2D eigenvalue weighted by atomic mass is 19.3. The van der Waals surface area contributed by atoms with Gasteiger partial charge in [0.25, 0.3) is 5.92 Å². The van der Waals surface area contributed by atoms with Crippen molar-refractivity contribution >= 4 is 5.97 Å². The number of aromatic nitrogens is 2. The number of likely N-dealkylation sites (tertiary alicyclic amines) is 1. The maximum absolute atomic E-state index is 13.0. The minimum absolute atomic E-state index is 0.0439. The summed E-state index contributed by atoms with van der Waals surface area (Å²) in [7, 11) is 0. The second-order valence-electron chi connectivity index (χ2n) is 5.27. The summed E-state index contributed by atoms with van der Waals surface area (Å²) in [6.07, 6.45) is 0.416. The van der Waals surface area contributed by atoms with Gasteiger partial charge in [0.2, 0.25) is 5.88 Å². The molecule has 8 heteroatoms. The highest BCUT2D eigenvalue weighted by molar-refractivity contribution is 5.85. The molecule has 0 amide bonds. The van der Waals surface area contributed by atoms with Crippen LogP contribution in [0.15, 0.2) is 6.07 Å². The molecule has 0 radical (unpaired) electrons. The highest BCUT2D eigenvalue weighted by Gasteiger charge is 2.38. The molecule has 0 aromatic carbocycles. The smallest absolute Gasteiger partial charge is 0.356 e. The van der Waals surface area contributed by atoms with Crippen molar-refractivity contribution in [2.45, 2.75) is 31.4 Å². The van der Waals surface area contributed by atoms with Crippen molar-refractivity contribution in [1.82, 2.24) is 14.7 Å². The number of carboxylic acids is 1. The molecule has 0 aliphatic carbocycles. The Morgan fingerprint density at radius 1 is 1.60 bits per heavy atom. The van der Waals surface area contributed by atoms with E-state index >= 15 is 0 Å². The normalized spacial score (nSPS) is 24.6. The van der Waals surface area contributed by atoms with Crippen molar-refractivity contribution in [3.63, 3.8) is 0 Å². The van der Waals surface area contributed by atoms with E-state index in [9.17, 15) is 13.6 Å². The van der Waals surface area contributed by atoms with E-state index in [2.05, 4.69) is 5.10 Å². The lowest BCUT2D eigenvalue weighted by Gasteiger charge is -2.17. The van der Waals surface area contributed by atoms with Crippen LogP contribution in [-0.2, 0) is 6.54 Å². The molecular formula is C12H15F2N3O3. The zero-order valence-electron chi connectivity index (χ0n) is 10.8. The van der Waals surface area contributed by atoms with Crippen LogP contribution in [0.2, 0.25) is 0 Å². The van der Waals surface area contributed by atoms with E-state index in [1.165, 1.54) is 10.7 Å². The Labute approximate surface area is 113 Å². The zero-order chi connectivity index (χ0) is 14.3. The third kappa shape index (κ3) is 2.60. The SMILES string of the molecule is O=C(O)c1cc2n(n1)CC(CCN1CCC(F)(F)C1)O2. The van der Waals surface area contributed by atoms with Crippen molar-refractivity contribution < 1.29 is 23.4 Å². The van der Waals surface area contributed by atoms with Crippen LogP contribution in [0.3, 0.4) is 0 Å². The molecule has 110 valence electrons. The Bertz CT molecular complexity index is 509. The molecule has 1 saturated heterocycles. The molecule has 2 aliphatic heterocycles. The second kappa shape index (κ2) is 4.69. The van der Waals surface area contributed by atoms with Gasteiger partial charge in [0, 0.05) is 25.6 Å². The average molecular weight is 287 g/mol. The maximum atomic E-state index is 13.0. The molecule has 1 unspecified atom stereocenters. The van der Waals surface area contributed by atoms with Crippen LogP contribution in [-0.4, -0.2) is 57.4 Å². The standard InChI is InChI=1S/C12H15F2N3O3/c13-12(14)2-4-16(7-12)3-1-8-6-17-10(20-8)5-9(15-17)11(18)19/h5,8H,1-4,6-7H2,(H,18,19). The Kier molecular flexibility index (Phi) is 3.12. The van der Waals surface area contributed by atoms with Crippen LogP contribution < -0.4 is 4.74 Å². The van der Waals surface area contributed by atoms with E-state index in [4.69, 9.17) is 9.84 Å². The molecule has 1 aromatic heterocycles. The van der Waals surface area contributed by atoms with Gasteiger partial charge in [-0.25, -0.2) is 18.3 Å². The van der Waals surface area contributed by atoms with Gasteiger partial charge >= 0.3 is 5.97 Å². The molecular weight excluding hydrogens is 272 g/mol. The average Bonchev–Trinajstić information content (AvgIpc) is 2.98. The molecule has 1 fully saturated rings. The number of nitrogens with zero attached hydrogens (tertiary/aromatic N) is 3. The molecule has 0 saturated carbocycles. The predicted octanol–water partition coefficient (Wildman–Crippen LogP) is 1.07. The van der Waals surface area contributed by atoms with Gasteiger partial charge in [-0.2, -0.15) is 5.10 Å². The van der Waals surface area contributed by atoms with Gasteiger partial charge in [-0.1, -0.05) is 0 Å². The second-order valence-corrected chi connectivity index (χ2v) is 5.27. The summed E-state index contributed by atoms with van der Waals surface area (Å²) in [5, 5.41) is 12.7. The maximum Gasteiger partial charge on any atom is 0.356 e. The molecule has 3 rings (SSSR count). The van der Waals surface area contributed by atoms with Gasteiger partial charge in [-0.15, -0.1) is 0 Å². The number of alkyl halides is 2. The summed E-state index contributed by atoms with van der Waals surface area (Å²) in [5.41, 5.74) is -0.0439. The molecule has 1 aromatic rings. The summed E-state index contributed by atoms with van der Waals surface area (Å²) < 4.78 is 33.2. The first kappa shape index (κ1) is 13.3. The van der Waals surface area contributed by atoms with E-state index in [1.807, 2.05) is 0 Å². The fourth-order valence-electron chi connectivity index (χ4n) is 2.61. The van der Waals surface area contributed by atoms with Gasteiger partial charge in [-0.05, 0) is 6.42 Å². The van der Waals surface area contributed by atoms with Gasteiger partial charge in [0.05, 0.1) is 13.1 Å². The number of fused-ring (bicyclic) bond motifs is 1. The van der Waals surface area contributed by atoms with E-state index < -0.39 is 11.9 Å². The fourth-order valence-corrected chi connectivity index (χ4v) is 2.61. The predicted molar refractivity (Wildman–Crippen MR) is 64.2 cm³/mol. The Morgan fingerprint density at radius 3 is 3.00 bits per heavy atom. The van der Waals surface area contributed by atoms with Gasteiger partial charge in [-0.3, -0.25) is 4.90 Å². The quantitative estimate of drug-likeness (QED) is 0.897. The Morgan fingerprint density at radius 2 is 2.40 bits per heavy atom. The van der Waals surface area contributed by atoms with Crippen molar-refractivity contribution in [2.24, 2.45) is 0 Å². The molecule has 20 heavy (non-hydrogen) atoms. The summed E-state index contributed by atoms with van der Waals surface area (Å²) in [6, 6.07) is 1.38. The highest BCUT2D eigenvalue weighted by Crippen LogP contribution is 2.28. The van der Waals surface area contributed by atoms with E-state index in [-0.39, 0.29) is 24.8 Å². The number of aromatic carboxylic acids is 1. The van der Waals surface area contributed by atoms with Crippen LogP contribution in [0.4, 0.5) is 8.78 Å². The largest absolute Gasteiger partial charge is 0.476 e. The summed E-state index contributed by atoms with van der Waals surface area (Å²) in [4.78, 5) is 12.5. The first-order valence-corrected chi connectivity index (χ1v) is 6.51. The van der Waals surface area contributed by atoms with Crippen LogP contribution in [0.5, 0.6) is 5.88 Å². The molecule has 0 spiro atoms. The molecule has 2 aliphatic rings. The van der Waals surface area contributed by atoms with Crippen molar-refractivity contribution in [1.29, 1.82) is 0 Å². The monoisotopic (exact) mass is 287 g/mol. The molecule has 1 N–H and O–H groups in total. The number of hydrogen-bond donors (Lipinski definition) is 1. The third-order valence-corrected chi connectivity index (χ3v) is 3.64. The first-order valence-electron chi connectivity index (χ1n) is 6.51. The lowest BCUT2D eigenvalue weighted by atomic mass is 10.2. The van der Waals surface area contributed by atoms with Gasteiger partial charge < -0.3 is 9.84 Å².